The Morgan fingerprint density at radius 2 is 1.79 bits per heavy atom. The van der Waals surface area contributed by atoms with Crippen LogP contribution < -0.4 is 5.43 Å². The number of nitrogens with zero attached hydrogens (tertiary/aromatic N) is 3. The molecule has 0 radical (unpaired) electrons. The summed E-state index contributed by atoms with van der Waals surface area (Å²) in [4.78, 5) is 40.3. The molecule has 3 rings (SSSR count). The first-order chi connectivity index (χ1) is 13.3. The standard InChI is InChI=1S/C17H17Cl3N4O3S/c1-22-4-6-23(7-5-22)21-14(25)9-24-16(26)13(28-17(24)27)8-10-11(18)2-3-12(19)15(10)20/h2-3,8H,4-7,9H2,1H3,(H,21,25)/b13-8-. The van der Waals surface area contributed by atoms with Crippen molar-refractivity contribution in [3.05, 3.63) is 37.7 Å². The molecule has 0 bridgehead atoms. The van der Waals surface area contributed by atoms with Crippen molar-refractivity contribution < 1.29 is 14.4 Å². The van der Waals surface area contributed by atoms with Gasteiger partial charge in [-0.15, -0.1) is 0 Å². The molecule has 0 atom stereocenters. The van der Waals surface area contributed by atoms with Crippen LogP contribution in [0.1, 0.15) is 5.56 Å². The van der Waals surface area contributed by atoms with Crippen LogP contribution in [-0.4, -0.2) is 71.6 Å². The number of nitrogens with one attached hydrogen (secondary N) is 1. The predicted octanol–water partition coefficient (Wildman–Crippen LogP) is 2.96. The van der Waals surface area contributed by atoms with Crippen LogP contribution in [0.4, 0.5) is 4.79 Å². The van der Waals surface area contributed by atoms with Crippen molar-refractivity contribution in [2.75, 3.05) is 39.8 Å². The molecule has 2 aliphatic rings. The van der Waals surface area contributed by atoms with Crippen molar-refractivity contribution in [3.8, 4) is 0 Å². The van der Waals surface area contributed by atoms with Gasteiger partial charge in [-0.1, -0.05) is 34.8 Å². The van der Waals surface area contributed by atoms with E-state index in [0.29, 0.717) is 23.7 Å². The molecular weight excluding hydrogens is 447 g/mol. The fourth-order valence-electron chi connectivity index (χ4n) is 2.72. The van der Waals surface area contributed by atoms with Crippen LogP contribution in [0.3, 0.4) is 0 Å². The Bertz CT molecular complexity index is 856. The van der Waals surface area contributed by atoms with E-state index in [4.69, 9.17) is 34.8 Å². The van der Waals surface area contributed by atoms with E-state index in [1.807, 2.05) is 7.05 Å². The Hall–Kier alpha value is -1.29. The van der Waals surface area contributed by atoms with Crippen LogP contribution in [0.2, 0.25) is 15.1 Å². The van der Waals surface area contributed by atoms with Crippen molar-refractivity contribution in [1.29, 1.82) is 0 Å². The molecule has 0 aliphatic carbocycles. The van der Waals surface area contributed by atoms with Crippen molar-refractivity contribution in [2.24, 2.45) is 0 Å². The third-order valence-corrected chi connectivity index (χ3v) is 6.37. The smallest absolute Gasteiger partial charge is 0.294 e. The Kier molecular flexibility index (Phi) is 6.90. The summed E-state index contributed by atoms with van der Waals surface area (Å²) in [5.41, 5.74) is 3.08. The van der Waals surface area contributed by atoms with Crippen molar-refractivity contribution >= 4 is 69.7 Å². The monoisotopic (exact) mass is 462 g/mol. The maximum atomic E-state index is 12.6. The molecule has 1 aromatic rings. The normalized spacial score (nSPS) is 20.3. The first kappa shape index (κ1) is 21.4. The largest absolute Gasteiger partial charge is 0.304 e. The van der Waals surface area contributed by atoms with Gasteiger partial charge in [0.05, 0.1) is 15.0 Å². The van der Waals surface area contributed by atoms with Crippen LogP contribution in [-0.2, 0) is 9.59 Å². The van der Waals surface area contributed by atoms with Crippen LogP contribution >= 0.6 is 46.6 Å². The molecule has 0 aromatic heterocycles. The van der Waals surface area contributed by atoms with Crippen molar-refractivity contribution in [2.45, 2.75) is 0 Å². The van der Waals surface area contributed by atoms with Gasteiger partial charge in [-0.25, -0.2) is 5.01 Å². The molecule has 0 saturated carbocycles. The van der Waals surface area contributed by atoms with Gasteiger partial charge < -0.3 is 4.90 Å². The topological polar surface area (TPSA) is 73.0 Å². The first-order valence-corrected chi connectivity index (χ1v) is 10.3. The van der Waals surface area contributed by atoms with Gasteiger partial charge in [-0.3, -0.25) is 24.7 Å². The molecule has 11 heteroatoms. The van der Waals surface area contributed by atoms with Gasteiger partial charge in [-0.05, 0) is 37.0 Å². The fourth-order valence-corrected chi connectivity index (χ4v) is 4.18. The van der Waals surface area contributed by atoms with E-state index >= 15 is 0 Å². The van der Waals surface area contributed by atoms with Gasteiger partial charge in [0, 0.05) is 36.8 Å². The molecular formula is C17H17Cl3N4O3S. The second-order valence-electron chi connectivity index (χ2n) is 6.35. The number of benzene rings is 1. The number of imide groups is 1. The molecule has 1 N–H and O–H groups in total. The molecule has 7 nitrogen and oxygen atoms in total. The number of thioether (sulfide) groups is 1. The summed E-state index contributed by atoms with van der Waals surface area (Å²) >= 11 is 19.0. The molecule has 1 aromatic carbocycles. The SMILES string of the molecule is CN1CCN(NC(=O)CN2C(=O)S/C(=C\c3c(Cl)ccc(Cl)c3Cl)C2=O)CC1. The zero-order chi connectivity index (χ0) is 20.4. The molecule has 2 fully saturated rings. The summed E-state index contributed by atoms with van der Waals surface area (Å²) in [5, 5.41) is 2.02. The van der Waals surface area contributed by atoms with Gasteiger partial charge in [0.25, 0.3) is 17.1 Å². The van der Waals surface area contributed by atoms with E-state index in [1.54, 1.807) is 11.1 Å². The second kappa shape index (κ2) is 9.02. The average Bonchev–Trinajstić information content (AvgIpc) is 2.91. The number of hydrogen-bond donors (Lipinski definition) is 1. The summed E-state index contributed by atoms with van der Waals surface area (Å²) in [7, 11) is 2.00. The zero-order valence-electron chi connectivity index (χ0n) is 14.9. The molecule has 2 aliphatic heterocycles. The number of carbonyl (C=O) groups is 3. The Morgan fingerprint density at radius 1 is 1.14 bits per heavy atom. The molecule has 28 heavy (non-hydrogen) atoms. The quantitative estimate of drug-likeness (QED) is 0.547. The van der Waals surface area contributed by atoms with Crippen molar-refractivity contribution in [3.63, 3.8) is 0 Å². The van der Waals surface area contributed by atoms with Crippen LogP contribution in [0, 0.1) is 0 Å². The highest BCUT2D eigenvalue weighted by Crippen LogP contribution is 2.37. The summed E-state index contributed by atoms with van der Waals surface area (Å²) in [6.07, 6.45) is 1.42. The average molecular weight is 464 g/mol. The Morgan fingerprint density at radius 3 is 2.46 bits per heavy atom. The van der Waals surface area contributed by atoms with Crippen LogP contribution in [0.5, 0.6) is 0 Å². The van der Waals surface area contributed by atoms with Gasteiger partial charge in [0.15, 0.2) is 0 Å². The fraction of sp³-hybridized carbons (Fsp3) is 0.353. The lowest BCUT2D eigenvalue weighted by molar-refractivity contribution is -0.132. The molecule has 0 unspecified atom stereocenters. The molecule has 150 valence electrons. The highest BCUT2D eigenvalue weighted by atomic mass is 35.5. The van der Waals surface area contributed by atoms with E-state index in [1.165, 1.54) is 12.1 Å². The lowest BCUT2D eigenvalue weighted by Gasteiger charge is -2.32. The van der Waals surface area contributed by atoms with Crippen LogP contribution in [0.25, 0.3) is 6.08 Å². The minimum atomic E-state index is -0.573. The van der Waals surface area contributed by atoms with E-state index in [2.05, 4.69) is 10.3 Å². The van der Waals surface area contributed by atoms with E-state index < -0.39 is 17.1 Å². The Labute approximate surface area is 181 Å². The van der Waals surface area contributed by atoms with E-state index in [0.717, 1.165) is 29.8 Å². The lowest BCUT2D eigenvalue weighted by atomic mass is 10.2. The third-order valence-electron chi connectivity index (χ3n) is 4.32. The highest BCUT2D eigenvalue weighted by Gasteiger charge is 2.37. The summed E-state index contributed by atoms with van der Waals surface area (Å²) in [6, 6.07) is 3.09. The number of likely N-dealkylation sites (N-methyl/N-ethyl adjacent to an activating group) is 1. The minimum absolute atomic E-state index is 0.128. The maximum absolute atomic E-state index is 12.6. The number of rotatable bonds is 4. The van der Waals surface area contributed by atoms with Crippen molar-refractivity contribution in [1.82, 2.24) is 20.2 Å². The Balaban J connectivity index is 1.68. The number of carbonyl (C=O) groups excluding carboxylic acids is 3. The summed E-state index contributed by atoms with van der Waals surface area (Å²) in [5.74, 6) is -0.998. The van der Waals surface area contributed by atoms with E-state index in [-0.39, 0.29) is 21.5 Å². The highest BCUT2D eigenvalue weighted by molar-refractivity contribution is 8.18. The van der Waals surface area contributed by atoms with Crippen LogP contribution in [0.15, 0.2) is 17.0 Å². The minimum Gasteiger partial charge on any atom is -0.304 e. The molecule has 0 spiro atoms. The predicted molar refractivity (Wildman–Crippen MR) is 111 cm³/mol. The number of hydrogen-bond acceptors (Lipinski definition) is 6. The maximum Gasteiger partial charge on any atom is 0.294 e. The van der Waals surface area contributed by atoms with Gasteiger partial charge in [0.2, 0.25) is 0 Å². The molecule has 2 heterocycles. The van der Waals surface area contributed by atoms with Gasteiger partial charge in [0.1, 0.15) is 6.54 Å². The number of halogens is 3. The lowest BCUT2D eigenvalue weighted by Crippen LogP contribution is -2.54. The first-order valence-electron chi connectivity index (χ1n) is 8.38. The van der Waals surface area contributed by atoms with Gasteiger partial charge >= 0.3 is 0 Å². The number of piperazine rings is 1. The number of amides is 3. The molecule has 2 saturated heterocycles. The van der Waals surface area contributed by atoms with E-state index in [9.17, 15) is 14.4 Å². The second-order valence-corrected chi connectivity index (χ2v) is 8.54. The van der Waals surface area contributed by atoms with Gasteiger partial charge in [-0.2, -0.15) is 0 Å². The summed E-state index contributed by atoms with van der Waals surface area (Å²) in [6.45, 7) is 2.65. The summed E-state index contributed by atoms with van der Waals surface area (Å²) < 4.78 is 0. The molecule has 3 amide bonds. The third kappa shape index (κ3) is 4.82. The number of hydrazine groups is 1. The zero-order valence-corrected chi connectivity index (χ0v) is 18.0.